The average Bonchev–Trinajstić information content (AvgIpc) is 3.03. The lowest BCUT2D eigenvalue weighted by atomic mass is 10.2. The molecule has 0 aliphatic carbocycles. The molecule has 2 heterocycles. The Morgan fingerprint density at radius 2 is 2.29 bits per heavy atom. The van der Waals surface area contributed by atoms with Crippen molar-refractivity contribution < 1.29 is 9.21 Å². The minimum Gasteiger partial charge on any atom is -0.444 e. The minimum atomic E-state index is -0.246. The number of nitrogens with one attached hydrogen (secondary N) is 1. The summed E-state index contributed by atoms with van der Waals surface area (Å²) in [5.41, 5.74) is 1.10. The Morgan fingerprint density at radius 1 is 1.54 bits per heavy atom. The normalized spacial score (nSPS) is 10.6. The fraction of sp³-hybridized carbons (Fsp3) is 0.294. The third kappa shape index (κ3) is 4.48. The van der Waals surface area contributed by atoms with Crippen LogP contribution in [0.3, 0.4) is 0 Å². The maximum atomic E-state index is 12.3. The molecule has 126 valence electrons. The highest BCUT2D eigenvalue weighted by molar-refractivity contribution is 7.16. The fourth-order valence-corrected chi connectivity index (χ4v) is 3.37. The van der Waals surface area contributed by atoms with Gasteiger partial charge in [0, 0.05) is 23.5 Å². The topological polar surface area (TPSA) is 69.3 Å². The number of furan rings is 1. The molecule has 0 fully saturated rings. The molecule has 2 aromatic heterocycles. The number of thiophene rings is 1. The van der Waals surface area contributed by atoms with Crippen molar-refractivity contribution in [2.45, 2.75) is 20.4 Å². The third-order valence-electron chi connectivity index (χ3n) is 3.51. The molecule has 1 N–H and O–H groups in total. The molecule has 0 aromatic carbocycles. The van der Waals surface area contributed by atoms with E-state index in [-0.39, 0.29) is 18.3 Å². The Morgan fingerprint density at radius 3 is 2.88 bits per heavy atom. The molecule has 5 nitrogen and oxygen atoms in total. The highest BCUT2D eigenvalue weighted by Crippen LogP contribution is 2.25. The molecule has 0 spiro atoms. The van der Waals surface area contributed by atoms with Crippen LogP contribution < -0.4 is 5.32 Å². The van der Waals surface area contributed by atoms with Gasteiger partial charge in [-0.2, -0.15) is 5.26 Å². The maximum Gasteiger partial charge on any atom is 0.240 e. The molecule has 7 heteroatoms. The van der Waals surface area contributed by atoms with Gasteiger partial charge in [0.05, 0.1) is 10.9 Å². The fourth-order valence-electron chi connectivity index (χ4n) is 2.24. The van der Waals surface area contributed by atoms with Gasteiger partial charge in [0.25, 0.3) is 0 Å². The molecular weight excluding hydrogens is 346 g/mol. The van der Waals surface area contributed by atoms with E-state index in [0.717, 1.165) is 10.4 Å². The molecule has 0 aliphatic rings. The second-order valence-corrected chi connectivity index (χ2v) is 7.11. The average molecular weight is 364 g/mol. The Kier molecular flexibility index (Phi) is 6.21. The van der Waals surface area contributed by atoms with Gasteiger partial charge in [-0.05, 0) is 26.0 Å². The first-order chi connectivity index (χ1) is 11.4. The van der Waals surface area contributed by atoms with Gasteiger partial charge in [-0.3, -0.25) is 15.0 Å². The Bertz CT molecular complexity index is 788. The number of nitriles is 1. The molecule has 0 bridgehead atoms. The number of hydrogen-bond acceptors (Lipinski definition) is 5. The number of aryl methyl sites for hydroxylation is 1. The molecule has 0 saturated carbocycles. The van der Waals surface area contributed by atoms with Gasteiger partial charge >= 0.3 is 0 Å². The second kappa shape index (κ2) is 8.15. The molecule has 0 radical (unpaired) electrons. The molecule has 1 amide bonds. The van der Waals surface area contributed by atoms with E-state index in [4.69, 9.17) is 16.0 Å². The predicted molar refractivity (Wildman–Crippen MR) is 96.3 cm³/mol. The van der Waals surface area contributed by atoms with Gasteiger partial charge < -0.3 is 4.42 Å². The van der Waals surface area contributed by atoms with Crippen molar-refractivity contribution in [1.29, 1.82) is 5.26 Å². The van der Waals surface area contributed by atoms with Gasteiger partial charge in [0.15, 0.2) is 0 Å². The zero-order valence-corrected chi connectivity index (χ0v) is 15.1. The summed E-state index contributed by atoms with van der Waals surface area (Å²) in [6.45, 7) is 8.59. The Balaban J connectivity index is 2.04. The quantitative estimate of drug-likeness (QED) is 0.751. The molecule has 2 rings (SSSR count). The first-order valence-corrected chi connectivity index (χ1v) is 8.51. The van der Waals surface area contributed by atoms with E-state index in [2.05, 4.69) is 18.0 Å². The van der Waals surface area contributed by atoms with Gasteiger partial charge in [0.1, 0.15) is 17.4 Å². The lowest BCUT2D eigenvalue weighted by Gasteiger charge is -2.18. The molecule has 0 atom stereocenters. The number of hydrogen-bond donors (Lipinski definition) is 1. The van der Waals surface area contributed by atoms with Crippen molar-refractivity contribution in [2.24, 2.45) is 0 Å². The monoisotopic (exact) mass is 363 g/mol. The lowest BCUT2D eigenvalue weighted by Crippen LogP contribution is -2.32. The summed E-state index contributed by atoms with van der Waals surface area (Å²) >= 11 is 7.42. The lowest BCUT2D eigenvalue weighted by molar-refractivity contribution is -0.117. The van der Waals surface area contributed by atoms with Crippen molar-refractivity contribution in [3.8, 4) is 6.07 Å². The van der Waals surface area contributed by atoms with E-state index in [0.29, 0.717) is 28.7 Å². The molecular formula is C17H18ClN3O2S. The first kappa shape index (κ1) is 18.3. The largest absolute Gasteiger partial charge is 0.444 e. The number of halogens is 1. The smallest absolute Gasteiger partial charge is 0.240 e. The molecule has 0 unspecified atom stereocenters. The van der Waals surface area contributed by atoms with Crippen LogP contribution in [0.1, 0.15) is 21.8 Å². The van der Waals surface area contributed by atoms with E-state index in [1.807, 2.05) is 17.0 Å². The van der Waals surface area contributed by atoms with Crippen LogP contribution in [-0.2, 0) is 11.3 Å². The standard InChI is InChI=1S/C17H18ClN3O2S/c1-4-7-21(9-13-5-6-15(18)24-13)10-16(22)20-17-14(8-19)11(2)12(3)23-17/h4-6H,1,7,9-10H2,2-3H3,(H,20,22). The van der Waals surface area contributed by atoms with Crippen LogP contribution in [0.25, 0.3) is 0 Å². The van der Waals surface area contributed by atoms with Crippen LogP contribution in [0.5, 0.6) is 0 Å². The van der Waals surface area contributed by atoms with Crippen LogP contribution >= 0.6 is 22.9 Å². The summed E-state index contributed by atoms with van der Waals surface area (Å²) in [4.78, 5) is 15.3. The van der Waals surface area contributed by atoms with Crippen molar-refractivity contribution in [3.05, 3.63) is 50.9 Å². The number of amides is 1. The Hall–Kier alpha value is -2.07. The highest BCUT2D eigenvalue weighted by atomic mass is 35.5. The van der Waals surface area contributed by atoms with Gasteiger partial charge in [-0.25, -0.2) is 0 Å². The van der Waals surface area contributed by atoms with E-state index < -0.39 is 0 Å². The Labute approximate surface area is 150 Å². The highest BCUT2D eigenvalue weighted by Gasteiger charge is 2.18. The summed E-state index contributed by atoms with van der Waals surface area (Å²) in [5, 5.41) is 11.9. The van der Waals surface area contributed by atoms with E-state index >= 15 is 0 Å². The van der Waals surface area contributed by atoms with Gasteiger partial charge in [-0.1, -0.05) is 17.7 Å². The van der Waals surface area contributed by atoms with Crippen LogP contribution in [0.15, 0.2) is 29.2 Å². The maximum absolute atomic E-state index is 12.3. The van der Waals surface area contributed by atoms with E-state index in [1.54, 1.807) is 19.9 Å². The zero-order valence-electron chi connectivity index (χ0n) is 13.6. The van der Waals surface area contributed by atoms with Crippen molar-refractivity contribution in [2.75, 3.05) is 18.4 Å². The predicted octanol–water partition coefficient (Wildman–Crippen LogP) is 4.11. The van der Waals surface area contributed by atoms with Gasteiger partial charge in [0.2, 0.25) is 11.8 Å². The summed E-state index contributed by atoms with van der Waals surface area (Å²) in [5.74, 6) is 0.581. The van der Waals surface area contributed by atoms with Crippen molar-refractivity contribution in [1.82, 2.24) is 4.90 Å². The van der Waals surface area contributed by atoms with Crippen molar-refractivity contribution >= 4 is 34.7 Å². The number of rotatable bonds is 7. The summed E-state index contributed by atoms with van der Waals surface area (Å²) in [6.07, 6.45) is 1.74. The number of nitrogens with zero attached hydrogens (tertiary/aromatic N) is 2. The van der Waals surface area contributed by atoms with E-state index in [1.165, 1.54) is 11.3 Å². The first-order valence-electron chi connectivity index (χ1n) is 7.32. The van der Waals surface area contributed by atoms with Crippen LogP contribution in [0, 0.1) is 25.2 Å². The summed E-state index contributed by atoms with van der Waals surface area (Å²) < 4.78 is 6.18. The SMILES string of the molecule is C=CCN(CC(=O)Nc1oc(C)c(C)c1C#N)Cc1ccc(Cl)s1. The zero-order chi connectivity index (χ0) is 17.7. The minimum absolute atomic E-state index is 0.158. The molecule has 0 saturated heterocycles. The second-order valence-electron chi connectivity index (χ2n) is 5.31. The van der Waals surface area contributed by atoms with Crippen LogP contribution in [0.2, 0.25) is 4.34 Å². The number of anilines is 1. The third-order valence-corrected chi connectivity index (χ3v) is 4.73. The molecule has 2 aromatic rings. The number of carbonyl (C=O) groups excluding carboxylic acids is 1. The summed E-state index contributed by atoms with van der Waals surface area (Å²) in [7, 11) is 0. The molecule has 24 heavy (non-hydrogen) atoms. The molecule has 0 aliphatic heterocycles. The van der Waals surface area contributed by atoms with Crippen LogP contribution in [-0.4, -0.2) is 23.9 Å². The van der Waals surface area contributed by atoms with Gasteiger partial charge in [-0.15, -0.1) is 17.9 Å². The van der Waals surface area contributed by atoms with Crippen molar-refractivity contribution in [3.63, 3.8) is 0 Å². The number of carbonyl (C=O) groups is 1. The summed E-state index contributed by atoms with van der Waals surface area (Å²) in [6, 6.07) is 5.83. The van der Waals surface area contributed by atoms with Crippen LogP contribution in [0.4, 0.5) is 5.88 Å². The van der Waals surface area contributed by atoms with E-state index in [9.17, 15) is 10.1 Å².